The molecule has 0 aromatic carbocycles. The lowest BCUT2D eigenvalue weighted by Crippen LogP contribution is -2.36. The molecule has 2 fully saturated rings. The zero-order valence-corrected chi connectivity index (χ0v) is 12.3. The van der Waals surface area contributed by atoms with E-state index in [1.165, 1.54) is 31.2 Å². The minimum Gasteiger partial charge on any atom is -0.377 e. The van der Waals surface area contributed by atoms with E-state index in [1.807, 2.05) is 0 Å². The van der Waals surface area contributed by atoms with Crippen molar-refractivity contribution >= 4 is 11.3 Å². The van der Waals surface area contributed by atoms with Gasteiger partial charge in [0, 0.05) is 38.8 Å². The molecule has 0 radical (unpaired) electrons. The summed E-state index contributed by atoms with van der Waals surface area (Å²) in [5.41, 5.74) is 1.47. The lowest BCUT2D eigenvalue weighted by atomic mass is 10.2. The number of rotatable bonds is 8. The quantitative estimate of drug-likeness (QED) is 0.740. The van der Waals surface area contributed by atoms with E-state index in [4.69, 9.17) is 4.74 Å². The molecular formula is C15H24N2OS. The fourth-order valence-electron chi connectivity index (χ4n) is 2.74. The molecule has 2 heterocycles. The molecule has 106 valence electrons. The summed E-state index contributed by atoms with van der Waals surface area (Å²) in [5, 5.41) is 8.01. The third-order valence-electron chi connectivity index (χ3n) is 4.00. The Kier molecular flexibility index (Phi) is 4.88. The van der Waals surface area contributed by atoms with Crippen LogP contribution in [0.25, 0.3) is 0 Å². The van der Waals surface area contributed by atoms with Gasteiger partial charge in [-0.25, -0.2) is 0 Å². The molecule has 3 rings (SSSR count). The van der Waals surface area contributed by atoms with Gasteiger partial charge in [-0.1, -0.05) is 0 Å². The lowest BCUT2D eigenvalue weighted by Gasteiger charge is -2.22. The Balaban J connectivity index is 1.36. The van der Waals surface area contributed by atoms with Gasteiger partial charge in [0.2, 0.25) is 0 Å². The topological polar surface area (TPSA) is 24.5 Å². The van der Waals surface area contributed by atoms with Gasteiger partial charge >= 0.3 is 0 Å². The number of nitrogens with one attached hydrogen (secondary N) is 1. The van der Waals surface area contributed by atoms with Crippen LogP contribution in [0, 0.1) is 0 Å². The molecule has 1 aliphatic heterocycles. The van der Waals surface area contributed by atoms with Gasteiger partial charge in [0.25, 0.3) is 0 Å². The summed E-state index contributed by atoms with van der Waals surface area (Å²) in [6, 6.07) is 3.09. The summed E-state index contributed by atoms with van der Waals surface area (Å²) in [6.45, 7) is 5.35. The van der Waals surface area contributed by atoms with Crippen LogP contribution in [-0.4, -0.2) is 43.3 Å². The van der Waals surface area contributed by atoms with E-state index in [1.54, 1.807) is 11.3 Å². The molecule has 1 unspecified atom stereocenters. The highest BCUT2D eigenvalue weighted by Crippen LogP contribution is 2.28. The van der Waals surface area contributed by atoms with Gasteiger partial charge in [-0.2, -0.15) is 11.3 Å². The van der Waals surface area contributed by atoms with Crippen LogP contribution in [-0.2, 0) is 11.3 Å². The fourth-order valence-corrected chi connectivity index (χ4v) is 3.40. The Morgan fingerprint density at radius 3 is 3.00 bits per heavy atom. The second-order valence-corrected chi connectivity index (χ2v) is 6.45. The van der Waals surface area contributed by atoms with E-state index in [-0.39, 0.29) is 0 Å². The molecule has 1 N–H and O–H groups in total. The zero-order chi connectivity index (χ0) is 12.9. The normalized spacial score (nSPS) is 23.3. The highest BCUT2D eigenvalue weighted by Gasteiger charge is 2.28. The highest BCUT2D eigenvalue weighted by atomic mass is 32.1. The molecule has 1 saturated heterocycles. The van der Waals surface area contributed by atoms with Crippen molar-refractivity contribution in [2.24, 2.45) is 0 Å². The maximum absolute atomic E-state index is 5.63. The number of nitrogens with zero attached hydrogens (tertiary/aromatic N) is 1. The standard InChI is InChI=1S/C15H24N2OS/c1-2-15(18-8-1)10-16-6-7-17(14-3-4-14)11-13-5-9-19-12-13/h5,9,12,14-16H,1-4,6-8,10-11H2. The largest absolute Gasteiger partial charge is 0.377 e. The second kappa shape index (κ2) is 6.84. The van der Waals surface area contributed by atoms with Crippen LogP contribution in [0.4, 0.5) is 0 Å². The summed E-state index contributed by atoms with van der Waals surface area (Å²) < 4.78 is 5.63. The maximum atomic E-state index is 5.63. The summed E-state index contributed by atoms with van der Waals surface area (Å²) in [4.78, 5) is 2.63. The van der Waals surface area contributed by atoms with Gasteiger partial charge in [0.1, 0.15) is 0 Å². The van der Waals surface area contributed by atoms with Gasteiger partial charge in [-0.15, -0.1) is 0 Å². The number of hydrogen-bond donors (Lipinski definition) is 1. The van der Waals surface area contributed by atoms with Crippen molar-refractivity contribution in [2.45, 2.75) is 44.4 Å². The third-order valence-corrected chi connectivity index (χ3v) is 4.73. The Morgan fingerprint density at radius 2 is 2.32 bits per heavy atom. The first kappa shape index (κ1) is 13.6. The maximum Gasteiger partial charge on any atom is 0.0700 e. The number of thiophene rings is 1. The third kappa shape index (κ3) is 4.28. The number of hydrogen-bond acceptors (Lipinski definition) is 4. The van der Waals surface area contributed by atoms with E-state index in [9.17, 15) is 0 Å². The molecule has 0 amide bonds. The molecule has 0 bridgehead atoms. The van der Waals surface area contributed by atoms with E-state index >= 15 is 0 Å². The van der Waals surface area contributed by atoms with E-state index in [0.717, 1.165) is 38.8 Å². The molecule has 1 aromatic rings. The van der Waals surface area contributed by atoms with Crippen molar-refractivity contribution in [3.05, 3.63) is 22.4 Å². The average Bonchev–Trinajstić information content (AvgIpc) is 2.92. The van der Waals surface area contributed by atoms with Crippen molar-refractivity contribution in [2.75, 3.05) is 26.2 Å². The van der Waals surface area contributed by atoms with Crippen LogP contribution in [0.15, 0.2) is 16.8 Å². The van der Waals surface area contributed by atoms with Crippen LogP contribution in [0.2, 0.25) is 0 Å². The zero-order valence-electron chi connectivity index (χ0n) is 11.5. The van der Waals surface area contributed by atoms with E-state index < -0.39 is 0 Å². The summed E-state index contributed by atoms with van der Waals surface area (Å²) in [6.07, 6.45) is 5.70. The highest BCUT2D eigenvalue weighted by molar-refractivity contribution is 7.07. The average molecular weight is 280 g/mol. The smallest absolute Gasteiger partial charge is 0.0700 e. The van der Waals surface area contributed by atoms with Crippen LogP contribution in [0.3, 0.4) is 0 Å². The van der Waals surface area contributed by atoms with Crippen molar-refractivity contribution in [3.63, 3.8) is 0 Å². The van der Waals surface area contributed by atoms with Crippen molar-refractivity contribution in [1.82, 2.24) is 10.2 Å². The monoisotopic (exact) mass is 280 g/mol. The molecule has 1 aliphatic carbocycles. The molecule has 0 spiro atoms. The summed E-state index contributed by atoms with van der Waals surface area (Å²) in [7, 11) is 0. The van der Waals surface area contributed by atoms with Crippen LogP contribution in [0.1, 0.15) is 31.2 Å². The van der Waals surface area contributed by atoms with Crippen LogP contribution >= 0.6 is 11.3 Å². The molecule has 4 heteroatoms. The summed E-state index contributed by atoms with van der Waals surface area (Å²) in [5.74, 6) is 0. The molecule has 2 aliphatic rings. The Bertz CT molecular complexity index is 358. The fraction of sp³-hybridized carbons (Fsp3) is 0.733. The predicted molar refractivity (Wildman–Crippen MR) is 79.6 cm³/mol. The summed E-state index contributed by atoms with van der Waals surface area (Å²) >= 11 is 1.80. The first-order chi connectivity index (χ1) is 9.42. The van der Waals surface area contributed by atoms with Crippen LogP contribution in [0.5, 0.6) is 0 Å². The van der Waals surface area contributed by atoms with Gasteiger partial charge in [0.15, 0.2) is 0 Å². The van der Waals surface area contributed by atoms with Gasteiger partial charge in [-0.05, 0) is 48.1 Å². The first-order valence-corrected chi connectivity index (χ1v) is 8.43. The number of ether oxygens (including phenoxy) is 1. The van der Waals surface area contributed by atoms with Gasteiger partial charge < -0.3 is 10.1 Å². The van der Waals surface area contributed by atoms with E-state index in [2.05, 4.69) is 27.0 Å². The second-order valence-electron chi connectivity index (χ2n) is 5.67. The molecule has 19 heavy (non-hydrogen) atoms. The SMILES string of the molecule is c1cc(CN(CCNCC2CCCO2)C2CC2)cs1. The van der Waals surface area contributed by atoms with Gasteiger partial charge in [-0.3, -0.25) is 4.90 Å². The Morgan fingerprint density at radius 1 is 1.37 bits per heavy atom. The first-order valence-electron chi connectivity index (χ1n) is 7.49. The van der Waals surface area contributed by atoms with Crippen molar-refractivity contribution in [1.29, 1.82) is 0 Å². The molecule has 3 nitrogen and oxygen atoms in total. The van der Waals surface area contributed by atoms with Crippen molar-refractivity contribution < 1.29 is 4.74 Å². The van der Waals surface area contributed by atoms with Crippen molar-refractivity contribution in [3.8, 4) is 0 Å². The minimum absolute atomic E-state index is 0.464. The molecule has 1 saturated carbocycles. The molecular weight excluding hydrogens is 256 g/mol. The predicted octanol–water partition coefficient (Wildman–Crippen LogP) is 2.48. The minimum atomic E-state index is 0.464. The molecule has 1 aromatic heterocycles. The van der Waals surface area contributed by atoms with Gasteiger partial charge in [0.05, 0.1) is 6.10 Å². The van der Waals surface area contributed by atoms with E-state index in [0.29, 0.717) is 6.10 Å². The Labute approximate surface area is 119 Å². The molecule has 1 atom stereocenters. The Hall–Kier alpha value is -0.420. The van der Waals surface area contributed by atoms with Crippen LogP contribution < -0.4 is 5.32 Å². The lowest BCUT2D eigenvalue weighted by molar-refractivity contribution is 0.109.